The maximum Gasteiger partial charge on any atom is 0.339 e. The Morgan fingerprint density at radius 1 is 1.04 bits per heavy atom. The summed E-state index contributed by atoms with van der Waals surface area (Å²) in [7, 11) is 5.10. The molecule has 0 radical (unpaired) electrons. The first-order valence-corrected chi connectivity index (χ1v) is 7.34. The van der Waals surface area contributed by atoms with Gasteiger partial charge in [0.15, 0.2) is 0 Å². The van der Waals surface area contributed by atoms with Crippen LogP contribution in [0.1, 0.15) is 11.1 Å². The smallest absolute Gasteiger partial charge is 0.339 e. The van der Waals surface area contributed by atoms with Crippen molar-refractivity contribution < 1.29 is 14.3 Å². The Labute approximate surface area is 137 Å². The Balaban J connectivity index is 2.10. The molecule has 0 fully saturated rings. The molecular weight excluding hydrogens is 290 g/mol. The standard InChI is InChI=1S/C19H21NO3/c1-20(2)13-18(19(21)22-3)16-9-11-17(12-10-16)23-14-15-7-5-4-6-8-15/h4-13H,14H2,1-3H3/b18-13-. The number of carbonyl (C=O) groups excluding carboxylic acids is 1. The van der Waals surface area contributed by atoms with Gasteiger partial charge >= 0.3 is 5.97 Å². The number of ether oxygens (including phenoxy) is 2. The average Bonchev–Trinajstić information content (AvgIpc) is 2.58. The van der Waals surface area contributed by atoms with E-state index >= 15 is 0 Å². The van der Waals surface area contributed by atoms with E-state index in [2.05, 4.69) is 0 Å². The molecule has 0 saturated carbocycles. The van der Waals surface area contributed by atoms with E-state index < -0.39 is 0 Å². The summed E-state index contributed by atoms with van der Waals surface area (Å²) in [6.07, 6.45) is 1.74. The first kappa shape index (κ1) is 16.6. The van der Waals surface area contributed by atoms with E-state index in [-0.39, 0.29) is 5.97 Å². The lowest BCUT2D eigenvalue weighted by Gasteiger charge is -2.12. The molecule has 0 atom stereocenters. The Bertz CT molecular complexity index is 661. The van der Waals surface area contributed by atoms with Crippen LogP contribution in [-0.4, -0.2) is 32.1 Å². The second-order valence-corrected chi connectivity index (χ2v) is 5.30. The zero-order valence-corrected chi connectivity index (χ0v) is 13.7. The maximum atomic E-state index is 11.9. The molecule has 120 valence electrons. The molecular formula is C19H21NO3. The van der Waals surface area contributed by atoms with Crippen molar-refractivity contribution in [2.75, 3.05) is 21.2 Å². The lowest BCUT2D eigenvalue weighted by molar-refractivity contribution is -0.133. The van der Waals surface area contributed by atoms with Crippen molar-refractivity contribution in [3.05, 3.63) is 71.9 Å². The van der Waals surface area contributed by atoms with E-state index in [1.807, 2.05) is 73.6 Å². The molecule has 0 amide bonds. The normalized spacial score (nSPS) is 11.0. The first-order valence-electron chi connectivity index (χ1n) is 7.34. The minimum absolute atomic E-state index is 0.364. The lowest BCUT2D eigenvalue weighted by atomic mass is 10.1. The summed E-state index contributed by atoms with van der Waals surface area (Å²) in [4.78, 5) is 13.7. The third kappa shape index (κ3) is 4.88. The van der Waals surface area contributed by atoms with Gasteiger partial charge in [0.2, 0.25) is 0 Å². The topological polar surface area (TPSA) is 38.8 Å². The van der Waals surface area contributed by atoms with Crippen molar-refractivity contribution in [1.82, 2.24) is 4.90 Å². The fraction of sp³-hybridized carbons (Fsp3) is 0.211. The molecule has 0 heterocycles. The van der Waals surface area contributed by atoms with Gasteiger partial charge in [0.25, 0.3) is 0 Å². The molecule has 2 aromatic carbocycles. The van der Waals surface area contributed by atoms with E-state index in [1.54, 1.807) is 6.20 Å². The summed E-state index contributed by atoms with van der Waals surface area (Å²) in [5.74, 6) is 0.392. The van der Waals surface area contributed by atoms with Gasteiger partial charge in [-0.25, -0.2) is 4.79 Å². The fourth-order valence-electron chi connectivity index (χ4n) is 2.08. The van der Waals surface area contributed by atoms with Gasteiger partial charge in [-0.2, -0.15) is 0 Å². The number of hydrogen-bond donors (Lipinski definition) is 0. The number of methoxy groups -OCH3 is 1. The van der Waals surface area contributed by atoms with E-state index in [1.165, 1.54) is 7.11 Å². The maximum absolute atomic E-state index is 11.9. The van der Waals surface area contributed by atoms with Gasteiger partial charge in [0, 0.05) is 20.3 Å². The average molecular weight is 311 g/mol. The summed E-state index contributed by atoms with van der Waals surface area (Å²) in [5, 5.41) is 0. The van der Waals surface area contributed by atoms with Crippen LogP contribution in [0.3, 0.4) is 0 Å². The van der Waals surface area contributed by atoms with Crippen molar-refractivity contribution in [2.45, 2.75) is 6.61 Å². The number of nitrogens with zero attached hydrogens (tertiary/aromatic N) is 1. The molecule has 0 bridgehead atoms. The highest BCUT2D eigenvalue weighted by Gasteiger charge is 2.13. The highest BCUT2D eigenvalue weighted by molar-refractivity contribution is 6.16. The van der Waals surface area contributed by atoms with Crippen LogP contribution in [0.25, 0.3) is 5.57 Å². The molecule has 4 nitrogen and oxygen atoms in total. The molecule has 0 aliphatic rings. The second-order valence-electron chi connectivity index (χ2n) is 5.30. The number of rotatable bonds is 6. The van der Waals surface area contributed by atoms with Gasteiger partial charge in [-0.3, -0.25) is 0 Å². The number of esters is 1. The lowest BCUT2D eigenvalue weighted by Crippen LogP contribution is -2.10. The Hall–Kier alpha value is -2.75. The SMILES string of the molecule is COC(=O)/C(=C\N(C)C)c1ccc(OCc2ccccc2)cc1. The van der Waals surface area contributed by atoms with Crippen LogP contribution in [0.5, 0.6) is 5.75 Å². The molecule has 0 aromatic heterocycles. The molecule has 4 heteroatoms. The third-order valence-electron chi connectivity index (χ3n) is 3.21. The van der Waals surface area contributed by atoms with Gasteiger partial charge in [-0.1, -0.05) is 42.5 Å². The van der Waals surface area contributed by atoms with Crippen LogP contribution in [0, 0.1) is 0 Å². The van der Waals surface area contributed by atoms with Crippen molar-refractivity contribution in [3.8, 4) is 5.75 Å². The fourth-order valence-corrected chi connectivity index (χ4v) is 2.08. The molecule has 0 saturated heterocycles. The molecule has 0 unspecified atom stereocenters. The molecule has 23 heavy (non-hydrogen) atoms. The van der Waals surface area contributed by atoms with Crippen molar-refractivity contribution >= 4 is 11.5 Å². The van der Waals surface area contributed by atoms with Crippen LogP contribution in [-0.2, 0) is 16.1 Å². The minimum Gasteiger partial charge on any atom is -0.489 e. The molecule has 0 N–H and O–H groups in total. The van der Waals surface area contributed by atoms with Crippen LogP contribution in [0.2, 0.25) is 0 Å². The molecule has 0 spiro atoms. The molecule has 2 rings (SSSR count). The van der Waals surface area contributed by atoms with E-state index in [0.717, 1.165) is 16.9 Å². The number of benzene rings is 2. The van der Waals surface area contributed by atoms with Crippen LogP contribution in [0.4, 0.5) is 0 Å². The van der Waals surface area contributed by atoms with Gasteiger partial charge in [-0.05, 0) is 23.3 Å². The van der Waals surface area contributed by atoms with Crippen molar-refractivity contribution in [3.63, 3.8) is 0 Å². The largest absolute Gasteiger partial charge is 0.489 e. The van der Waals surface area contributed by atoms with Crippen LogP contribution < -0.4 is 4.74 Å². The summed E-state index contributed by atoms with van der Waals surface area (Å²) in [6.45, 7) is 0.511. The zero-order chi connectivity index (χ0) is 16.7. The van der Waals surface area contributed by atoms with E-state index in [9.17, 15) is 4.79 Å². The second kappa shape index (κ2) is 8.03. The van der Waals surface area contributed by atoms with Gasteiger partial charge < -0.3 is 14.4 Å². The Kier molecular flexibility index (Phi) is 5.80. The van der Waals surface area contributed by atoms with Crippen LogP contribution >= 0.6 is 0 Å². The predicted octanol–water partition coefficient (Wildman–Crippen LogP) is 3.34. The number of hydrogen-bond acceptors (Lipinski definition) is 4. The summed E-state index contributed by atoms with van der Waals surface area (Å²) in [6, 6.07) is 17.4. The monoisotopic (exact) mass is 311 g/mol. The van der Waals surface area contributed by atoms with Gasteiger partial charge in [0.05, 0.1) is 12.7 Å². The number of carbonyl (C=O) groups is 1. The predicted molar refractivity (Wildman–Crippen MR) is 90.9 cm³/mol. The highest BCUT2D eigenvalue weighted by Crippen LogP contribution is 2.21. The molecule has 0 aliphatic carbocycles. The van der Waals surface area contributed by atoms with Gasteiger partial charge in [-0.15, -0.1) is 0 Å². The van der Waals surface area contributed by atoms with Gasteiger partial charge in [0.1, 0.15) is 12.4 Å². The van der Waals surface area contributed by atoms with Crippen LogP contribution in [0.15, 0.2) is 60.8 Å². The first-order chi connectivity index (χ1) is 11.1. The van der Waals surface area contributed by atoms with E-state index in [4.69, 9.17) is 9.47 Å². The quantitative estimate of drug-likeness (QED) is 0.606. The van der Waals surface area contributed by atoms with E-state index in [0.29, 0.717) is 12.2 Å². The highest BCUT2D eigenvalue weighted by atomic mass is 16.5. The molecule has 0 aliphatic heterocycles. The molecule has 2 aromatic rings. The zero-order valence-electron chi connectivity index (χ0n) is 13.7. The Morgan fingerprint density at radius 3 is 2.26 bits per heavy atom. The van der Waals surface area contributed by atoms with Crippen molar-refractivity contribution in [1.29, 1.82) is 0 Å². The summed E-state index contributed by atoms with van der Waals surface area (Å²) >= 11 is 0. The minimum atomic E-state index is -0.364. The summed E-state index contributed by atoms with van der Waals surface area (Å²) in [5.41, 5.74) is 2.41. The van der Waals surface area contributed by atoms with Crippen molar-refractivity contribution in [2.24, 2.45) is 0 Å². The summed E-state index contributed by atoms with van der Waals surface area (Å²) < 4.78 is 10.6. The Morgan fingerprint density at radius 2 is 1.70 bits per heavy atom. The third-order valence-corrected chi connectivity index (χ3v) is 3.21.